The minimum Gasteiger partial charge on any atom is -0.326 e. The number of sulfonamides is 1. The maximum absolute atomic E-state index is 12.7. The third-order valence-electron chi connectivity index (χ3n) is 3.30. The molecule has 0 saturated carbocycles. The van der Waals surface area contributed by atoms with E-state index in [-0.39, 0.29) is 0 Å². The Morgan fingerprint density at radius 3 is 2.95 bits per heavy atom. The Balaban J connectivity index is 1.95. The van der Waals surface area contributed by atoms with Crippen LogP contribution >= 0.6 is 38.6 Å². The van der Waals surface area contributed by atoms with Crippen molar-refractivity contribution in [2.75, 3.05) is 6.54 Å². The summed E-state index contributed by atoms with van der Waals surface area (Å²) in [5, 5.41) is 2.02. The van der Waals surface area contributed by atoms with Gasteiger partial charge in [-0.05, 0) is 45.4 Å². The first-order chi connectivity index (χ1) is 9.52. The van der Waals surface area contributed by atoms with Gasteiger partial charge in [-0.1, -0.05) is 0 Å². The van der Waals surface area contributed by atoms with Gasteiger partial charge in [0.05, 0.1) is 3.79 Å². The third-order valence-corrected chi connectivity index (χ3v) is 8.44. The second kappa shape index (κ2) is 5.51. The number of rotatable bonds is 3. The van der Waals surface area contributed by atoms with Crippen molar-refractivity contribution in [1.29, 1.82) is 0 Å². The Labute approximate surface area is 134 Å². The van der Waals surface area contributed by atoms with Gasteiger partial charge in [0.15, 0.2) is 0 Å². The van der Waals surface area contributed by atoms with E-state index in [1.165, 1.54) is 16.2 Å². The van der Waals surface area contributed by atoms with Crippen molar-refractivity contribution < 1.29 is 8.42 Å². The van der Waals surface area contributed by atoms with Gasteiger partial charge in [0, 0.05) is 29.4 Å². The zero-order chi connectivity index (χ0) is 14.3. The topological polar surface area (TPSA) is 63.4 Å². The lowest BCUT2D eigenvalue weighted by molar-refractivity contribution is 0.394. The minimum absolute atomic E-state index is 0.335. The van der Waals surface area contributed by atoms with Crippen LogP contribution in [0.1, 0.15) is 15.3 Å². The van der Waals surface area contributed by atoms with Gasteiger partial charge in [-0.2, -0.15) is 4.31 Å². The summed E-state index contributed by atoms with van der Waals surface area (Å²) in [6, 6.07) is 3.68. The lowest BCUT2D eigenvalue weighted by Gasteiger charge is -2.26. The monoisotopic (exact) mass is 392 g/mol. The van der Waals surface area contributed by atoms with Crippen molar-refractivity contribution in [2.24, 2.45) is 5.73 Å². The molecular formula is C12H13BrN2O2S3. The molecule has 20 heavy (non-hydrogen) atoms. The molecule has 0 fully saturated rings. The summed E-state index contributed by atoms with van der Waals surface area (Å²) in [6.07, 6.45) is 0.789. The van der Waals surface area contributed by atoms with Gasteiger partial charge in [-0.15, -0.1) is 22.7 Å². The maximum Gasteiger partial charge on any atom is 0.245 e. The van der Waals surface area contributed by atoms with Gasteiger partial charge in [-0.25, -0.2) is 8.42 Å². The van der Waals surface area contributed by atoms with Gasteiger partial charge in [0.25, 0.3) is 0 Å². The van der Waals surface area contributed by atoms with Crippen LogP contribution in [0.15, 0.2) is 26.2 Å². The largest absolute Gasteiger partial charge is 0.326 e. The smallest absolute Gasteiger partial charge is 0.245 e. The number of hydrogen-bond donors (Lipinski definition) is 1. The highest BCUT2D eigenvalue weighted by Crippen LogP contribution is 2.35. The molecule has 2 aromatic heterocycles. The Morgan fingerprint density at radius 1 is 1.45 bits per heavy atom. The quantitative estimate of drug-likeness (QED) is 0.872. The van der Waals surface area contributed by atoms with E-state index >= 15 is 0 Å². The predicted octanol–water partition coefficient (Wildman–Crippen LogP) is 2.78. The van der Waals surface area contributed by atoms with E-state index in [0.717, 1.165) is 16.9 Å². The summed E-state index contributed by atoms with van der Waals surface area (Å²) in [5.41, 5.74) is 6.71. The SMILES string of the molecule is NCc1cc(S(=O)(=O)N2CCc3sccc3C2)c(Br)s1. The fourth-order valence-corrected chi connectivity index (χ4v) is 7.06. The van der Waals surface area contributed by atoms with Crippen LogP contribution in [0.25, 0.3) is 0 Å². The van der Waals surface area contributed by atoms with Crippen LogP contribution in [0.5, 0.6) is 0 Å². The number of nitrogens with two attached hydrogens (primary N) is 1. The normalized spacial score (nSPS) is 16.3. The zero-order valence-electron chi connectivity index (χ0n) is 10.5. The minimum atomic E-state index is -3.46. The molecule has 3 heterocycles. The van der Waals surface area contributed by atoms with Gasteiger partial charge >= 0.3 is 0 Å². The first kappa shape index (κ1) is 14.7. The van der Waals surface area contributed by atoms with Crippen molar-refractivity contribution in [3.05, 3.63) is 36.6 Å². The molecule has 0 atom stereocenters. The molecule has 3 rings (SSSR count). The second-order valence-electron chi connectivity index (χ2n) is 4.51. The molecule has 4 nitrogen and oxygen atoms in total. The molecule has 0 unspecified atom stereocenters. The lowest BCUT2D eigenvalue weighted by Crippen LogP contribution is -2.35. The summed E-state index contributed by atoms with van der Waals surface area (Å²) in [7, 11) is -3.46. The van der Waals surface area contributed by atoms with E-state index in [0.29, 0.717) is 28.3 Å². The second-order valence-corrected chi connectivity index (χ2v) is 9.87. The van der Waals surface area contributed by atoms with Gasteiger partial charge < -0.3 is 5.73 Å². The average molecular weight is 393 g/mol. The summed E-state index contributed by atoms with van der Waals surface area (Å²) < 4.78 is 27.7. The van der Waals surface area contributed by atoms with Crippen LogP contribution < -0.4 is 5.73 Å². The van der Waals surface area contributed by atoms with E-state index in [9.17, 15) is 8.42 Å². The summed E-state index contributed by atoms with van der Waals surface area (Å²) in [6.45, 7) is 1.35. The first-order valence-electron chi connectivity index (χ1n) is 6.06. The van der Waals surface area contributed by atoms with Crippen LogP contribution in [0, 0.1) is 0 Å². The van der Waals surface area contributed by atoms with E-state index in [1.54, 1.807) is 21.7 Å². The maximum atomic E-state index is 12.7. The van der Waals surface area contributed by atoms with Crippen LogP contribution in [-0.4, -0.2) is 19.3 Å². The average Bonchev–Trinajstić information content (AvgIpc) is 3.03. The Morgan fingerprint density at radius 2 is 2.25 bits per heavy atom. The fourth-order valence-electron chi connectivity index (χ4n) is 2.24. The number of nitrogens with zero attached hydrogens (tertiary/aromatic N) is 1. The number of thiophene rings is 2. The molecule has 1 aliphatic rings. The first-order valence-corrected chi connectivity index (χ1v) is 9.99. The van der Waals surface area contributed by atoms with Gasteiger partial charge in [0.1, 0.15) is 4.90 Å². The molecule has 0 radical (unpaired) electrons. The molecule has 0 amide bonds. The molecule has 2 N–H and O–H groups in total. The van der Waals surface area contributed by atoms with Crippen LogP contribution in [-0.2, 0) is 29.5 Å². The van der Waals surface area contributed by atoms with Crippen molar-refractivity contribution in [3.63, 3.8) is 0 Å². The fraction of sp³-hybridized carbons (Fsp3) is 0.333. The molecular weight excluding hydrogens is 380 g/mol. The van der Waals surface area contributed by atoms with Crippen LogP contribution in [0.3, 0.4) is 0 Å². The summed E-state index contributed by atoms with van der Waals surface area (Å²) in [5.74, 6) is 0. The molecule has 108 valence electrons. The molecule has 1 aliphatic heterocycles. The zero-order valence-corrected chi connectivity index (χ0v) is 14.5. The summed E-state index contributed by atoms with van der Waals surface area (Å²) >= 11 is 6.42. The van der Waals surface area contributed by atoms with Crippen molar-refractivity contribution >= 4 is 48.6 Å². The highest BCUT2D eigenvalue weighted by atomic mass is 79.9. The summed E-state index contributed by atoms with van der Waals surface area (Å²) in [4.78, 5) is 2.49. The van der Waals surface area contributed by atoms with E-state index in [1.807, 2.05) is 11.4 Å². The number of halogens is 1. The molecule has 0 aromatic carbocycles. The molecule has 0 bridgehead atoms. The van der Waals surface area contributed by atoms with Crippen LogP contribution in [0.4, 0.5) is 0 Å². The van der Waals surface area contributed by atoms with E-state index in [4.69, 9.17) is 5.73 Å². The van der Waals surface area contributed by atoms with Crippen molar-refractivity contribution in [2.45, 2.75) is 24.4 Å². The van der Waals surface area contributed by atoms with Gasteiger partial charge in [-0.3, -0.25) is 0 Å². The highest BCUT2D eigenvalue weighted by Gasteiger charge is 2.31. The van der Waals surface area contributed by atoms with Crippen molar-refractivity contribution in [3.8, 4) is 0 Å². The number of fused-ring (bicyclic) bond motifs is 1. The highest BCUT2D eigenvalue weighted by molar-refractivity contribution is 9.11. The van der Waals surface area contributed by atoms with Crippen molar-refractivity contribution in [1.82, 2.24) is 4.31 Å². The molecule has 0 saturated heterocycles. The Hall–Kier alpha value is -0.250. The Kier molecular flexibility index (Phi) is 4.04. The predicted molar refractivity (Wildman–Crippen MR) is 85.5 cm³/mol. The van der Waals surface area contributed by atoms with Gasteiger partial charge in [0.2, 0.25) is 10.0 Å². The van der Waals surface area contributed by atoms with E-state index in [2.05, 4.69) is 15.9 Å². The molecule has 0 spiro atoms. The molecule has 0 aliphatic carbocycles. The Bertz CT molecular complexity index is 736. The van der Waals surface area contributed by atoms with E-state index < -0.39 is 10.0 Å². The standard InChI is InChI=1S/C12H13BrN2O2S3/c13-12-11(5-9(6-14)19-12)20(16,17)15-3-1-10-8(7-15)2-4-18-10/h2,4-5H,1,3,6-7,14H2. The molecule has 8 heteroatoms. The third kappa shape index (κ3) is 2.49. The lowest BCUT2D eigenvalue weighted by atomic mass is 10.1. The number of hydrogen-bond acceptors (Lipinski definition) is 5. The van der Waals surface area contributed by atoms with Crippen LogP contribution in [0.2, 0.25) is 0 Å². The molecule has 2 aromatic rings.